The molecule has 0 radical (unpaired) electrons. The van der Waals surface area contributed by atoms with Crippen molar-refractivity contribution in [3.05, 3.63) is 0 Å². The van der Waals surface area contributed by atoms with Crippen LogP contribution in [0.15, 0.2) is 0 Å². The molecule has 0 aromatic rings. The first-order valence-electron chi connectivity index (χ1n) is 8.70. The molecule has 0 aliphatic carbocycles. The van der Waals surface area contributed by atoms with E-state index in [4.69, 9.17) is 0 Å². The van der Waals surface area contributed by atoms with Crippen LogP contribution in [0.4, 0.5) is 0 Å². The van der Waals surface area contributed by atoms with E-state index < -0.39 is 0 Å². The van der Waals surface area contributed by atoms with Gasteiger partial charge in [-0.2, -0.15) is 0 Å². The SMILES string of the molecule is CCCCCCCCCCNCCN1CCN(S)CC1. The van der Waals surface area contributed by atoms with Crippen molar-refractivity contribution < 1.29 is 0 Å². The van der Waals surface area contributed by atoms with Crippen molar-refractivity contribution in [3.63, 3.8) is 0 Å². The van der Waals surface area contributed by atoms with Gasteiger partial charge in [0.25, 0.3) is 0 Å². The zero-order valence-electron chi connectivity index (χ0n) is 13.4. The van der Waals surface area contributed by atoms with Gasteiger partial charge in [0.05, 0.1) is 0 Å². The molecule has 0 saturated carbocycles. The second-order valence-electron chi connectivity index (χ2n) is 6.02. The fourth-order valence-electron chi connectivity index (χ4n) is 2.71. The molecule has 1 fully saturated rings. The van der Waals surface area contributed by atoms with Gasteiger partial charge in [0, 0.05) is 39.3 Å². The van der Waals surface area contributed by atoms with Crippen LogP contribution in [-0.2, 0) is 0 Å². The monoisotopic (exact) mass is 301 g/mol. The number of hydrogen-bond acceptors (Lipinski definition) is 4. The summed E-state index contributed by atoms with van der Waals surface area (Å²) in [5.41, 5.74) is 0. The van der Waals surface area contributed by atoms with Gasteiger partial charge in [0.15, 0.2) is 0 Å². The average Bonchev–Trinajstić information content (AvgIpc) is 2.47. The molecule has 120 valence electrons. The summed E-state index contributed by atoms with van der Waals surface area (Å²) in [6.45, 7) is 10.3. The van der Waals surface area contributed by atoms with Gasteiger partial charge in [-0.3, -0.25) is 9.21 Å². The molecule has 0 spiro atoms. The lowest BCUT2D eigenvalue weighted by Crippen LogP contribution is -2.44. The van der Waals surface area contributed by atoms with Crippen LogP contribution in [0.2, 0.25) is 0 Å². The lowest BCUT2D eigenvalue weighted by Gasteiger charge is -2.31. The van der Waals surface area contributed by atoms with E-state index in [0.29, 0.717) is 0 Å². The van der Waals surface area contributed by atoms with Crippen molar-refractivity contribution in [1.29, 1.82) is 0 Å². The van der Waals surface area contributed by atoms with E-state index in [1.54, 1.807) is 0 Å². The van der Waals surface area contributed by atoms with Crippen molar-refractivity contribution in [1.82, 2.24) is 14.5 Å². The van der Waals surface area contributed by atoms with Gasteiger partial charge in [0.1, 0.15) is 0 Å². The van der Waals surface area contributed by atoms with Gasteiger partial charge in [0.2, 0.25) is 0 Å². The second-order valence-corrected chi connectivity index (χ2v) is 6.59. The standard InChI is InChI=1S/C16H35N3S/c1-2-3-4-5-6-7-8-9-10-17-11-12-18-13-15-19(20)16-14-18/h17,20H,2-16H2,1H3. The van der Waals surface area contributed by atoms with Crippen molar-refractivity contribution >= 4 is 12.8 Å². The fraction of sp³-hybridized carbons (Fsp3) is 1.00. The van der Waals surface area contributed by atoms with Crippen LogP contribution >= 0.6 is 12.8 Å². The minimum absolute atomic E-state index is 1.10. The van der Waals surface area contributed by atoms with Crippen LogP contribution in [0.3, 0.4) is 0 Å². The number of hydrogen-bond donors (Lipinski definition) is 2. The Balaban J connectivity index is 1.74. The summed E-state index contributed by atoms with van der Waals surface area (Å²) < 4.78 is 2.12. The third-order valence-corrected chi connectivity index (χ3v) is 4.56. The van der Waals surface area contributed by atoms with Crippen LogP contribution in [0.5, 0.6) is 0 Å². The average molecular weight is 302 g/mol. The highest BCUT2D eigenvalue weighted by Gasteiger charge is 2.13. The summed E-state index contributed by atoms with van der Waals surface area (Å²) in [5.74, 6) is 0. The van der Waals surface area contributed by atoms with E-state index in [1.165, 1.54) is 77.5 Å². The van der Waals surface area contributed by atoms with Crippen molar-refractivity contribution in [2.24, 2.45) is 0 Å². The van der Waals surface area contributed by atoms with Crippen LogP contribution in [-0.4, -0.2) is 55.0 Å². The van der Waals surface area contributed by atoms with E-state index >= 15 is 0 Å². The predicted molar refractivity (Wildman–Crippen MR) is 92.5 cm³/mol. The fourth-order valence-corrected chi connectivity index (χ4v) is 2.89. The van der Waals surface area contributed by atoms with Crippen LogP contribution in [0.1, 0.15) is 58.3 Å². The highest BCUT2D eigenvalue weighted by atomic mass is 32.1. The third kappa shape index (κ3) is 10.0. The molecule has 1 saturated heterocycles. The molecule has 3 nitrogen and oxygen atoms in total. The number of rotatable bonds is 12. The number of nitrogens with zero attached hydrogens (tertiary/aromatic N) is 2. The Kier molecular flexibility index (Phi) is 11.8. The molecule has 0 aromatic heterocycles. The van der Waals surface area contributed by atoms with E-state index in [-0.39, 0.29) is 0 Å². The molecule has 1 aliphatic heterocycles. The van der Waals surface area contributed by atoms with E-state index in [2.05, 4.69) is 34.3 Å². The maximum Gasteiger partial charge on any atom is 0.0215 e. The Bertz CT molecular complexity index is 206. The summed E-state index contributed by atoms with van der Waals surface area (Å²) in [6, 6.07) is 0. The molecular weight excluding hydrogens is 266 g/mol. The van der Waals surface area contributed by atoms with E-state index in [0.717, 1.165) is 19.6 Å². The van der Waals surface area contributed by atoms with Gasteiger partial charge in [-0.15, -0.1) is 0 Å². The summed E-state index contributed by atoms with van der Waals surface area (Å²) in [6.07, 6.45) is 11.3. The zero-order chi connectivity index (χ0) is 14.5. The van der Waals surface area contributed by atoms with Crippen molar-refractivity contribution in [2.45, 2.75) is 58.3 Å². The highest BCUT2D eigenvalue weighted by Crippen LogP contribution is 2.07. The van der Waals surface area contributed by atoms with Crippen LogP contribution in [0, 0.1) is 0 Å². The smallest absolute Gasteiger partial charge is 0.0215 e. The molecule has 0 bridgehead atoms. The molecule has 0 amide bonds. The third-order valence-electron chi connectivity index (χ3n) is 4.16. The highest BCUT2D eigenvalue weighted by molar-refractivity contribution is 7.77. The zero-order valence-corrected chi connectivity index (χ0v) is 14.3. The quantitative estimate of drug-likeness (QED) is 0.426. The molecule has 0 aromatic carbocycles. The molecule has 1 heterocycles. The van der Waals surface area contributed by atoms with Crippen LogP contribution < -0.4 is 5.32 Å². The van der Waals surface area contributed by atoms with Crippen molar-refractivity contribution in [2.75, 3.05) is 45.8 Å². The normalized spacial score (nSPS) is 17.7. The Morgan fingerprint density at radius 1 is 0.800 bits per heavy atom. The molecule has 20 heavy (non-hydrogen) atoms. The maximum atomic E-state index is 4.38. The maximum absolute atomic E-state index is 4.38. The lowest BCUT2D eigenvalue weighted by molar-refractivity contribution is 0.198. The van der Waals surface area contributed by atoms with Gasteiger partial charge in [-0.05, 0) is 13.0 Å². The largest absolute Gasteiger partial charge is 0.315 e. The Morgan fingerprint density at radius 2 is 1.40 bits per heavy atom. The van der Waals surface area contributed by atoms with Gasteiger partial charge >= 0.3 is 0 Å². The minimum atomic E-state index is 1.10. The number of nitrogens with one attached hydrogen (secondary N) is 1. The molecule has 1 rings (SSSR count). The first kappa shape index (κ1) is 18.3. The molecule has 4 heteroatoms. The topological polar surface area (TPSA) is 18.5 Å². The van der Waals surface area contributed by atoms with Gasteiger partial charge < -0.3 is 5.32 Å². The van der Waals surface area contributed by atoms with Crippen LogP contribution in [0.25, 0.3) is 0 Å². The summed E-state index contributed by atoms with van der Waals surface area (Å²) in [5, 5.41) is 3.58. The minimum Gasteiger partial charge on any atom is -0.315 e. The Hall–Kier alpha value is 0.230. The summed E-state index contributed by atoms with van der Waals surface area (Å²) >= 11 is 4.38. The second kappa shape index (κ2) is 12.9. The van der Waals surface area contributed by atoms with Gasteiger partial charge in [-0.25, -0.2) is 0 Å². The molecular formula is C16H35N3S. The molecule has 1 aliphatic rings. The predicted octanol–water partition coefficient (Wildman–Crippen LogP) is 3.18. The lowest BCUT2D eigenvalue weighted by atomic mass is 10.1. The Labute approximate surface area is 132 Å². The number of unbranched alkanes of at least 4 members (excludes halogenated alkanes) is 7. The molecule has 0 atom stereocenters. The first-order valence-corrected chi connectivity index (χ1v) is 9.10. The summed E-state index contributed by atoms with van der Waals surface area (Å²) in [7, 11) is 0. The molecule has 0 unspecified atom stereocenters. The van der Waals surface area contributed by atoms with E-state index in [1.807, 2.05) is 0 Å². The molecule has 1 N–H and O–H groups in total. The summed E-state index contributed by atoms with van der Waals surface area (Å²) in [4.78, 5) is 2.54. The number of piperazine rings is 1. The number of thiol groups is 1. The Morgan fingerprint density at radius 3 is 2.05 bits per heavy atom. The first-order chi connectivity index (χ1) is 9.83. The van der Waals surface area contributed by atoms with Crippen molar-refractivity contribution in [3.8, 4) is 0 Å². The van der Waals surface area contributed by atoms with Gasteiger partial charge in [-0.1, -0.05) is 64.7 Å². The van der Waals surface area contributed by atoms with E-state index in [9.17, 15) is 0 Å².